The first kappa shape index (κ1) is 11.9. The molecule has 0 fully saturated rings. The molecule has 98 valence electrons. The number of imidazole rings is 1. The van der Waals surface area contributed by atoms with Crippen molar-refractivity contribution in [1.82, 2.24) is 14.5 Å². The van der Waals surface area contributed by atoms with E-state index in [0.717, 1.165) is 30.1 Å². The average molecular weight is 257 g/mol. The van der Waals surface area contributed by atoms with Gasteiger partial charge in [0.15, 0.2) is 5.82 Å². The Morgan fingerprint density at radius 3 is 3.00 bits per heavy atom. The number of rotatable bonds is 2. The molecule has 0 saturated heterocycles. The lowest BCUT2D eigenvalue weighted by atomic mass is 9.90. The Hall–Kier alpha value is -2.17. The second-order valence-corrected chi connectivity index (χ2v) is 4.82. The molecule has 2 aromatic heterocycles. The van der Waals surface area contributed by atoms with Gasteiger partial charge in [0.2, 0.25) is 0 Å². The van der Waals surface area contributed by atoms with Crippen LogP contribution in [0.15, 0.2) is 24.4 Å². The molecule has 3 rings (SSSR count). The Balaban J connectivity index is 2.13. The minimum Gasteiger partial charge on any atom is -0.481 e. The first-order valence-electron chi connectivity index (χ1n) is 6.38. The lowest BCUT2D eigenvalue weighted by Gasteiger charge is -2.18. The van der Waals surface area contributed by atoms with E-state index in [-0.39, 0.29) is 0 Å². The number of nitrogens with zero attached hydrogens (tertiary/aromatic N) is 3. The fourth-order valence-corrected chi connectivity index (χ4v) is 2.70. The number of carbonyl (C=O) groups is 1. The van der Waals surface area contributed by atoms with Crippen molar-refractivity contribution >= 4 is 5.97 Å². The lowest BCUT2D eigenvalue weighted by molar-refractivity contribution is -0.139. The largest absolute Gasteiger partial charge is 0.481 e. The monoisotopic (exact) mass is 257 g/mol. The molecular formula is C14H15N3O2. The third kappa shape index (κ3) is 1.91. The first-order valence-corrected chi connectivity index (χ1v) is 6.38. The highest BCUT2D eigenvalue weighted by Gasteiger charge is 2.31. The summed E-state index contributed by atoms with van der Waals surface area (Å²) < 4.78 is 1.98. The number of carboxylic acid groups (broad SMARTS) is 1. The summed E-state index contributed by atoms with van der Waals surface area (Å²) in [6.07, 6.45) is 4.17. The summed E-state index contributed by atoms with van der Waals surface area (Å²) in [5, 5.41) is 9.29. The molecule has 0 amide bonds. The topological polar surface area (TPSA) is 68.0 Å². The predicted molar refractivity (Wildman–Crippen MR) is 69.8 cm³/mol. The molecule has 5 nitrogen and oxygen atoms in total. The summed E-state index contributed by atoms with van der Waals surface area (Å²) in [5.74, 6) is -0.516. The maximum absolute atomic E-state index is 11.3. The van der Waals surface area contributed by atoms with Crippen LogP contribution < -0.4 is 0 Å². The SMILES string of the molecule is Cn1c(-c2ccccn2)nc2c1CCCC2C(=O)O. The molecule has 2 heterocycles. The van der Waals surface area contributed by atoms with Crippen molar-refractivity contribution < 1.29 is 9.90 Å². The number of hydrogen-bond donors (Lipinski definition) is 1. The molecule has 0 saturated carbocycles. The molecule has 1 N–H and O–H groups in total. The Morgan fingerprint density at radius 1 is 1.47 bits per heavy atom. The van der Waals surface area contributed by atoms with Crippen molar-refractivity contribution in [3.63, 3.8) is 0 Å². The maximum Gasteiger partial charge on any atom is 0.312 e. The van der Waals surface area contributed by atoms with Crippen LogP contribution in [0.3, 0.4) is 0 Å². The van der Waals surface area contributed by atoms with Gasteiger partial charge in [0.05, 0.1) is 5.69 Å². The van der Waals surface area contributed by atoms with Gasteiger partial charge >= 0.3 is 5.97 Å². The third-order valence-corrected chi connectivity index (χ3v) is 3.67. The Labute approximate surface area is 110 Å². The minimum absolute atomic E-state index is 0.479. The third-order valence-electron chi connectivity index (χ3n) is 3.67. The molecule has 0 radical (unpaired) electrons. The van der Waals surface area contributed by atoms with Crippen molar-refractivity contribution in [3.05, 3.63) is 35.8 Å². The highest BCUT2D eigenvalue weighted by molar-refractivity contribution is 5.76. The number of carboxylic acids is 1. The van der Waals surface area contributed by atoms with Gasteiger partial charge in [-0.05, 0) is 31.4 Å². The van der Waals surface area contributed by atoms with Crippen LogP contribution in [0.2, 0.25) is 0 Å². The number of aromatic nitrogens is 3. The van der Waals surface area contributed by atoms with Crippen molar-refractivity contribution in [3.8, 4) is 11.5 Å². The van der Waals surface area contributed by atoms with E-state index >= 15 is 0 Å². The molecule has 2 aromatic rings. The maximum atomic E-state index is 11.3. The summed E-state index contributed by atoms with van der Waals surface area (Å²) >= 11 is 0. The molecule has 0 bridgehead atoms. The summed E-state index contributed by atoms with van der Waals surface area (Å²) in [7, 11) is 1.93. The molecule has 1 atom stereocenters. The zero-order valence-corrected chi connectivity index (χ0v) is 10.7. The molecule has 1 unspecified atom stereocenters. The number of aliphatic carboxylic acids is 1. The second-order valence-electron chi connectivity index (χ2n) is 4.82. The van der Waals surface area contributed by atoms with E-state index in [2.05, 4.69) is 9.97 Å². The van der Waals surface area contributed by atoms with Gasteiger partial charge in [-0.3, -0.25) is 9.78 Å². The lowest BCUT2D eigenvalue weighted by Crippen LogP contribution is -2.18. The number of pyridine rings is 1. The van der Waals surface area contributed by atoms with Crippen molar-refractivity contribution in [2.24, 2.45) is 7.05 Å². The van der Waals surface area contributed by atoms with E-state index in [9.17, 15) is 9.90 Å². The average Bonchev–Trinajstić information content (AvgIpc) is 2.77. The van der Waals surface area contributed by atoms with Crippen LogP contribution in [-0.4, -0.2) is 25.6 Å². The van der Waals surface area contributed by atoms with Gasteiger partial charge in [-0.15, -0.1) is 0 Å². The van der Waals surface area contributed by atoms with Gasteiger partial charge in [0.25, 0.3) is 0 Å². The predicted octanol–water partition coefficient (Wildman–Crippen LogP) is 1.99. The van der Waals surface area contributed by atoms with Gasteiger partial charge in [0.1, 0.15) is 11.6 Å². The molecular weight excluding hydrogens is 242 g/mol. The molecule has 5 heteroatoms. The van der Waals surface area contributed by atoms with Crippen LogP contribution in [-0.2, 0) is 18.3 Å². The van der Waals surface area contributed by atoms with Crippen molar-refractivity contribution in [2.45, 2.75) is 25.2 Å². The van der Waals surface area contributed by atoms with Crippen molar-refractivity contribution in [1.29, 1.82) is 0 Å². The first-order chi connectivity index (χ1) is 9.18. The quantitative estimate of drug-likeness (QED) is 0.893. The van der Waals surface area contributed by atoms with Crippen LogP contribution in [0, 0.1) is 0 Å². The van der Waals surface area contributed by atoms with Gasteiger partial charge in [-0.1, -0.05) is 6.07 Å². The summed E-state index contributed by atoms with van der Waals surface area (Å²) in [4.78, 5) is 20.1. The van der Waals surface area contributed by atoms with Gasteiger partial charge in [-0.25, -0.2) is 4.98 Å². The molecule has 0 aromatic carbocycles. The van der Waals surface area contributed by atoms with Crippen molar-refractivity contribution in [2.75, 3.05) is 0 Å². The standard InChI is InChI=1S/C14H15N3O2/c1-17-11-7-4-5-9(14(18)19)12(11)16-13(17)10-6-2-3-8-15-10/h2-3,6,8-9H,4-5,7H2,1H3,(H,18,19). The Kier molecular flexibility index (Phi) is 2.81. The Morgan fingerprint density at radius 2 is 2.32 bits per heavy atom. The van der Waals surface area contributed by atoms with Crippen LogP contribution >= 0.6 is 0 Å². The van der Waals surface area contributed by atoms with E-state index in [0.29, 0.717) is 12.1 Å². The summed E-state index contributed by atoms with van der Waals surface area (Å²) in [6.45, 7) is 0. The molecule has 0 spiro atoms. The molecule has 0 aliphatic heterocycles. The zero-order chi connectivity index (χ0) is 13.4. The second kappa shape index (κ2) is 4.50. The van der Waals surface area contributed by atoms with E-state index in [1.165, 1.54) is 0 Å². The Bertz CT molecular complexity index is 619. The van der Waals surface area contributed by atoms with Gasteiger partial charge < -0.3 is 9.67 Å². The van der Waals surface area contributed by atoms with E-state index < -0.39 is 11.9 Å². The normalized spacial score (nSPS) is 18.1. The van der Waals surface area contributed by atoms with E-state index in [1.807, 2.05) is 29.8 Å². The summed E-state index contributed by atoms with van der Waals surface area (Å²) in [5.41, 5.74) is 2.52. The fourth-order valence-electron chi connectivity index (χ4n) is 2.70. The van der Waals surface area contributed by atoms with Gasteiger partial charge in [0, 0.05) is 18.9 Å². The molecule has 1 aliphatic rings. The highest BCUT2D eigenvalue weighted by Crippen LogP contribution is 2.33. The fraction of sp³-hybridized carbons (Fsp3) is 0.357. The minimum atomic E-state index is -0.786. The zero-order valence-electron chi connectivity index (χ0n) is 10.7. The molecule has 1 aliphatic carbocycles. The summed E-state index contributed by atoms with van der Waals surface area (Å²) in [6, 6.07) is 5.65. The number of hydrogen-bond acceptors (Lipinski definition) is 3. The molecule has 19 heavy (non-hydrogen) atoms. The van der Waals surface area contributed by atoms with Gasteiger partial charge in [-0.2, -0.15) is 0 Å². The van der Waals surface area contributed by atoms with Crippen LogP contribution in [0.25, 0.3) is 11.5 Å². The van der Waals surface area contributed by atoms with Crippen LogP contribution in [0.4, 0.5) is 0 Å². The highest BCUT2D eigenvalue weighted by atomic mass is 16.4. The van der Waals surface area contributed by atoms with E-state index in [4.69, 9.17) is 0 Å². The van der Waals surface area contributed by atoms with E-state index in [1.54, 1.807) is 6.20 Å². The van der Waals surface area contributed by atoms with Crippen LogP contribution in [0.1, 0.15) is 30.1 Å². The van der Waals surface area contributed by atoms with Crippen LogP contribution in [0.5, 0.6) is 0 Å². The number of fused-ring (bicyclic) bond motifs is 1. The smallest absolute Gasteiger partial charge is 0.312 e.